The molecule has 36 heavy (non-hydrogen) atoms. The number of anilines is 1. The first-order valence-corrected chi connectivity index (χ1v) is 16.7. The van der Waals surface area contributed by atoms with Gasteiger partial charge in [-0.25, -0.2) is 0 Å². The van der Waals surface area contributed by atoms with E-state index < -0.39 is 7.14 Å². The van der Waals surface area contributed by atoms with Gasteiger partial charge in [0.1, 0.15) is 5.75 Å². The summed E-state index contributed by atoms with van der Waals surface area (Å²) < 4.78 is 18.9. The molecule has 1 fully saturated rings. The first-order chi connectivity index (χ1) is 16.9. The lowest BCUT2D eigenvalue weighted by molar-refractivity contribution is 0.222. The van der Waals surface area contributed by atoms with Gasteiger partial charge in [-0.15, -0.1) is 0 Å². The molecule has 0 aliphatic carbocycles. The van der Waals surface area contributed by atoms with Gasteiger partial charge in [0, 0.05) is 24.4 Å². The third kappa shape index (κ3) is 8.98. The Morgan fingerprint density at radius 2 is 1.81 bits per heavy atom. The first-order valence-electron chi connectivity index (χ1n) is 14.1. The van der Waals surface area contributed by atoms with Crippen LogP contribution < -0.4 is 9.64 Å². The summed E-state index contributed by atoms with van der Waals surface area (Å²) in [4.78, 5) is 2.61. The summed E-state index contributed by atoms with van der Waals surface area (Å²) >= 11 is 0. The second-order valence-corrected chi connectivity index (χ2v) is 16.2. The Labute approximate surface area is 221 Å². The van der Waals surface area contributed by atoms with Crippen LogP contribution in [0.4, 0.5) is 5.69 Å². The van der Waals surface area contributed by atoms with Crippen molar-refractivity contribution in [3.63, 3.8) is 0 Å². The van der Waals surface area contributed by atoms with E-state index in [4.69, 9.17) is 4.74 Å². The van der Waals surface area contributed by atoms with Crippen LogP contribution in [0.5, 0.6) is 5.75 Å². The average molecular weight is 512 g/mol. The standard InChI is InChI=1S/C32H50NO2P/c1-8-30(36(6,7)34)23-27-11-9-13-29(22-27)35-24-26-16-19-33(20-17-26)31-21-25(2)14-15-28(31)12-10-18-32(3,4)5/h9,11,13-15,21-22,26,30H,8,10,12,16-20,23-24H2,1-7H3/t30-/m0/s1. The van der Waals surface area contributed by atoms with Gasteiger partial charge < -0.3 is 14.2 Å². The number of piperidine rings is 1. The van der Waals surface area contributed by atoms with Gasteiger partial charge in [-0.2, -0.15) is 0 Å². The van der Waals surface area contributed by atoms with Gasteiger partial charge in [0.15, 0.2) is 0 Å². The lowest BCUT2D eigenvalue weighted by atomic mass is 9.88. The Kier molecular flexibility index (Phi) is 10.2. The van der Waals surface area contributed by atoms with Crippen molar-refractivity contribution in [3.8, 4) is 5.75 Å². The van der Waals surface area contributed by atoms with Crippen molar-refractivity contribution in [2.24, 2.45) is 11.3 Å². The number of aryl methyl sites for hydroxylation is 2. The summed E-state index contributed by atoms with van der Waals surface area (Å²) in [5, 5.41) is 0. The first kappa shape index (κ1) is 28.8. The number of ether oxygens (including phenoxy) is 1. The molecule has 0 saturated carbocycles. The molecule has 1 aliphatic rings. The fourth-order valence-corrected chi connectivity index (χ4v) is 6.91. The smallest absolute Gasteiger partial charge is 0.119 e. The molecule has 2 aromatic carbocycles. The Morgan fingerprint density at radius 1 is 1.08 bits per heavy atom. The van der Waals surface area contributed by atoms with E-state index in [0.29, 0.717) is 11.3 Å². The van der Waals surface area contributed by atoms with Crippen LogP contribution in [0.25, 0.3) is 0 Å². The summed E-state index contributed by atoms with van der Waals surface area (Å²) in [5.41, 5.74) is 6.18. The molecule has 1 saturated heterocycles. The molecule has 200 valence electrons. The molecule has 0 N–H and O–H groups in total. The van der Waals surface area contributed by atoms with Gasteiger partial charge >= 0.3 is 0 Å². The molecule has 0 amide bonds. The number of benzene rings is 2. The predicted octanol–water partition coefficient (Wildman–Crippen LogP) is 8.60. The monoisotopic (exact) mass is 511 g/mol. The molecule has 1 atom stereocenters. The van der Waals surface area contributed by atoms with Crippen molar-refractivity contribution >= 4 is 12.8 Å². The zero-order valence-electron chi connectivity index (χ0n) is 24.0. The van der Waals surface area contributed by atoms with Gasteiger partial charge in [-0.3, -0.25) is 0 Å². The van der Waals surface area contributed by atoms with Crippen LogP contribution >= 0.6 is 7.14 Å². The van der Waals surface area contributed by atoms with Crippen molar-refractivity contribution < 1.29 is 9.30 Å². The van der Waals surface area contributed by atoms with E-state index in [1.54, 1.807) is 0 Å². The topological polar surface area (TPSA) is 29.5 Å². The highest BCUT2D eigenvalue weighted by molar-refractivity contribution is 7.63. The Bertz CT molecular complexity index is 1010. The molecule has 2 aromatic rings. The Morgan fingerprint density at radius 3 is 2.44 bits per heavy atom. The third-order valence-corrected chi connectivity index (χ3v) is 10.1. The summed E-state index contributed by atoms with van der Waals surface area (Å²) in [7, 11) is -2.09. The fourth-order valence-electron chi connectivity index (χ4n) is 5.38. The van der Waals surface area contributed by atoms with Gasteiger partial charge in [0.2, 0.25) is 0 Å². The van der Waals surface area contributed by atoms with Gasteiger partial charge in [0.25, 0.3) is 0 Å². The third-order valence-electron chi connectivity index (χ3n) is 7.78. The molecular formula is C32H50NO2P. The zero-order valence-corrected chi connectivity index (χ0v) is 24.9. The van der Waals surface area contributed by atoms with Gasteiger partial charge in [-0.05, 0) is 111 Å². The van der Waals surface area contributed by atoms with Crippen molar-refractivity contribution in [1.82, 2.24) is 0 Å². The van der Waals surface area contributed by atoms with Crippen molar-refractivity contribution in [3.05, 3.63) is 59.2 Å². The maximum Gasteiger partial charge on any atom is 0.119 e. The molecule has 0 aromatic heterocycles. The largest absolute Gasteiger partial charge is 0.493 e. The maximum absolute atomic E-state index is 12.6. The lowest BCUT2D eigenvalue weighted by Crippen LogP contribution is -2.36. The number of hydrogen-bond acceptors (Lipinski definition) is 3. The molecular weight excluding hydrogens is 461 g/mol. The van der Waals surface area contributed by atoms with Crippen molar-refractivity contribution in [2.75, 3.05) is 37.9 Å². The summed E-state index contributed by atoms with van der Waals surface area (Å²) in [6, 6.07) is 15.5. The molecule has 0 radical (unpaired) electrons. The Hall–Kier alpha value is -1.73. The number of rotatable bonds is 11. The van der Waals surface area contributed by atoms with Gasteiger partial charge in [0.05, 0.1) is 13.7 Å². The van der Waals surface area contributed by atoms with E-state index in [-0.39, 0.29) is 5.66 Å². The van der Waals surface area contributed by atoms with E-state index in [1.807, 2.05) is 13.3 Å². The maximum atomic E-state index is 12.6. The van der Waals surface area contributed by atoms with Crippen LogP contribution in [0.3, 0.4) is 0 Å². The van der Waals surface area contributed by atoms with Crippen LogP contribution in [0.15, 0.2) is 42.5 Å². The summed E-state index contributed by atoms with van der Waals surface area (Å²) in [6.45, 7) is 18.2. The number of hydrogen-bond donors (Lipinski definition) is 0. The van der Waals surface area contributed by atoms with E-state index in [1.165, 1.54) is 48.1 Å². The van der Waals surface area contributed by atoms with E-state index in [9.17, 15) is 4.57 Å². The Balaban J connectivity index is 1.53. The normalized spacial score (nSPS) is 16.2. The second kappa shape index (κ2) is 12.7. The van der Waals surface area contributed by atoms with Crippen molar-refractivity contribution in [2.45, 2.75) is 85.2 Å². The molecule has 0 bridgehead atoms. The number of nitrogens with zero attached hydrogens (tertiary/aromatic N) is 1. The zero-order chi connectivity index (χ0) is 26.3. The average Bonchev–Trinajstić information content (AvgIpc) is 2.81. The molecule has 3 rings (SSSR count). The molecule has 4 heteroatoms. The molecule has 0 unspecified atom stereocenters. The minimum Gasteiger partial charge on any atom is -0.493 e. The predicted molar refractivity (Wildman–Crippen MR) is 158 cm³/mol. The molecule has 0 spiro atoms. The van der Waals surface area contributed by atoms with Gasteiger partial charge in [-0.1, -0.05) is 52.0 Å². The minimum atomic E-state index is -2.09. The fraction of sp³-hybridized carbons (Fsp3) is 0.625. The lowest BCUT2D eigenvalue weighted by Gasteiger charge is -2.35. The van der Waals surface area contributed by atoms with Crippen LogP contribution in [0.2, 0.25) is 0 Å². The highest BCUT2D eigenvalue weighted by Crippen LogP contribution is 2.45. The van der Waals surface area contributed by atoms with Crippen LogP contribution in [0, 0.1) is 18.3 Å². The minimum absolute atomic E-state index is 0.247. The van der Waals surface area contributed by atoms with Crippen LogP contribution in [0.1, 0.15) is 76.5 Å². The van der Waals surface area contributed by atoms with E-state index in [2.05, 4.69) is 82.0 Å². The summed E-state index contributed by atoms with van der Waals surface area (Å²) in [5.74, 6) is 1.54. The molecule has 1 heterocycles. The van der Waals surface area contributed by atoms with E-state index in [0.717, 1.165) is 44.7 Å². The summed E-state index contributed by atoms with van der Waals surface area (Å²) in [6.07, 6.45) is 7.82. The van der Waals surface area contributed by atoms with Crippen molar-refractivity contribution in [1.29, 1.82) is 0 Å². The second-order valence-electron chi connectivity index (χ2n) is 12.6. The SMILES string of the molecule is CC[C@@H](Cc1cccc(OCC2CCN(c3cc(C)ccc3CCCC(C)(C)C)CC2)c1)P(C)(C)=O. The molecule has 3 nitrogen and oxygen atoms in total. The quantitative estimate of drug-likeness (QED) is 0.283. The molecule has 1 aliphatic heterocycles. The van der Waals surface area contributed by atoms with E-state index >= 15 is 0 Å². The highest BCUT2D eigenvalue weighted by atomic mass is 31.2. The highest BCUT2D eigenvalue weighted by Gasteiger charge is 2.23. The van der Waals surface area contributed by atoms with Crippen LogP contribution in [-0.2, 0) is 17.4 Å². The van der Waals surface area contributed by atoms with Crippen LogP contribution in [-0.4, -0.2) is 38.7 Å².